The van der Waals surface area contributed by atoms with Gasteiger partial charge in [0.25, 0.3) is 0 Å². The summed E-state index contributed by atoms with van der Waals surface area (Å²) in [5.41, 5.74) is -0.332. The van der Waals surface area contributed by atoms with Gasteiger partial charge in [0.2, 0.25) is 5.91 Å². The number of hydrogen-bond acceptors (Lipinski definition) is 2. The Hall–Kier alpha value is -0.570. The molecule has 2 N–H and O–H groups in total. The topological polar surface area (TPSA) is 41.1 Å². The highest BCUT2D eigenvalue weighted by atomic mass is 16.2. The van der Waals surface area contributed by atoms with Crippen LogP contribution in [0.25, 0.3) is 0 Å². The van der Waals surface area contributed by atoms with E-state index in [9.17, 15) is 4.79 Å². The number of carbonyl (C=O) groups excluding carboxylic acids is 1. The molecule has 1 amide bonds. The van der Waals surface area contributed by atoms with Crippen LogP contribution in [0.2, 0.25) is 0 Å². The van der Waals surface area contributed by atoms with Crippen molar-refractivity contribution in [1.29, 1.82) is 0 Å². The van der Waals surface area contributed by atoms with Gasteiger partial charge in [-0.05, 0) is 45.6 Å². The van der Waals surface area contributed by atoms with Crippen LogP contribution in [0.4, 0.5) is 0 Å². The van der Waals surface area contributed by atoms with Gasteiger partial charge in [-0.25, -0.2) is 0 Å². The van der Waals surface area contributed by atoms with Crippen LogP contribution < -0.4 is 10.6 Å². The normalized spacial score (nSPS) is 26.7. The van der Waals surface area contributed by atoms with Crippen LogP contribution >= 0.6 is 0 Å². The average molecular weight is 212 g/mol. The lowest BCUT2D eigenvalue weighted by molar-refractivity contribution is -0.128. The molecule has 0 aromatic heterocycles. The number of nitrogens with one attached hydrogen (secondary N) is 2. The second-order valence-electron chi connectivity index (χ2n) is 4.70. The van der Waals surface area contributed by atoms with Crippen LogP contribution in [0.5, 0.6) is 0 Å². The Morgan fingerprint density at radius 3 is 2.53 bits per heavy atom. The van der Waals surface area contributed by atoms with Gasteiger partial charge in [-0.15, -0.1) is 0 Å². The maximum Gasteiger partial charge on any atom is 0.240 e. The monoisotopic (exact) mass is 212 g/mol. The second kappa shape index (κ2) is 5.50. The first-order valence-corrected chi connectivity index (χ1v) is 6.18. The van der Waals surface area contributed by atoms with Crippen LogP contribution in [0.15, 0.2) is 0 Å². The van der Waals surface area contributed by atoms with Gasteiger partial charge in [-0.3, -0.25) is 4.79 Å². The zero-order chi connectivity index (χ0) is 11.3. The zero-order valence-corrected chi connectivity index (χ0v) is 10.2. The first-order valence-electron chi connectivity index (χ1n) is 6.18. The molecule has 1 aliphatic rings. The first kappa shape index (κ1) is 12.5. The Bertz CT molecular complexity index is 206. The Morgan fingerprint density at radius 2 is 2.07 bits per heavy atom. The summed E-state index contributed by atoms with van der Waals surface area (Å²) in [5, 5.41) is 6.46. The van der Waals surface area contributed by atoms with Crippen molar-refractivity contribution in [2.24, 2.45) is 0 Å². The highest BCUT2D eigenvalue weighted by Gasteiger charge is 2.34. The van der Waals surface area contributed by atoms with Gasteiger partial charge < -0.3 is 10.6 Å². The highest BCUT2D eigenvalue weighted by molar-refractivity contribution is 5.86. The van der Waals surface area contributed by atoms with Crippen molar-refractivity contribution in [2.45, 2.75) is 64.5 Å². The van der Waals surface area contributed by atoms with Crippen molar-refractivity contribution in [3.63, 3.8) is 0 Å². The third-order valence-electron chi connectivity index (χ3n) is 3.44. The van der Waals surface area contributed by atoms with Crippen molar-refractivity contribution in [1.82, 2.24) is 10.6 Å². The van der Waals surface area contributed by atoms with Gasteiger partial charge in [0.05, 0.1) is 5.54 Å². The van der Waals surface area contributed by atoms with Crippen molar-refractivity contribution >= 4 is 5.91 Å². The third-order valence-corrected chi connectivity index (χ3v) is 3.44. The van der Waals surface area contributed by atoms with Gasteiger partial charge in [0.15, 0.2) is 0 Å². The first-order chi connectivity index (χ1) is 7.12. The Kier molecular flexibility index (Phi) is 4.58. The van der Waals surface area contributed by atoms with E-state index in [2.05, 4.69) is 24.5 Å². The van der Waals surface area contributed by atoms with Crippen LogP contribution in [0.3, 0.4) is 0 Å². The van der Waals surface area contributed by atoms with Crippen LogP contribution in [0, 0.1) is 0 Å². The number of carbonyl (C=O) groups is 1. The van der Waals surface area contributed by atoms with E-state index in [1.54, 1.807) is 0 Å². The highest BCUT2D eigenvalue weighted by Crippen LogP contribution is 2.19. The molecule has 0 spiro atoms. The Morgan fingerprint density at radius 1 is 1.40 bits per heavy atom. The number of hydrogen-bond donors (Lipinski definition) is 2. The van der Waals surface area contributed by atoms with E-state index in [-0.39, 0.29) is 11.4 Å². The molecule has 1 rings (SSSR count). The molecule has 88 valence electrons. The maximum absolute atomic E-state index is 12.1. The number of rotatable bonds is 4. The maximum atomic E-state index is 12.1. The van der Waals surface area contributed by atoms with Gasteiger partial charge >= 0.3 is 0 Å². The molecule has 1 aliphatic heterocycles. The largest absolute Gasteiger partial charge is 0.352 e. The number of piperidine rings is 1. The quantitative estimate of drug-likeness (QED) is 0.746. The van der Waals surface area contributed by atoms with Crippen LogP contribution in [-0.4, -0.2) is 24.0 Å². The summed E-state index contributed by atoms with van der Waals surface area (Å²) in [6, 6.07) is 0.332. The van der Waals surface area contributed by atoms with Gasteiger partial charge in [-0.2, -0.15) is 0 Å². The van der Waals surface area contributed by atoms with E-state index in [4.69, 9.17) is 0 Å². The van der Waals surface area contributed by atoms with E-state index in [1.165, 1.54) is 6.42 Å². The molecule has 1 saturated heterocycles. The van der Waals surface area contributed by atoms with Crippen LogP contribution in [0.1, 0.15) is 52.9 Å². The number of amides is 1. The summed E-state index contributed by atoms with van der Waals surface area (Å²) in [6.45, 7) is 7.22. The molecule has 1 unspecified atom stereocenters. The molecule has 0 aromatic rings. The lowest BCUT2D eigenvalue weighted by atomic mass is 9.89. The zero-order valence-electron chi connectivity index (χ0n) is 10.2. The fourth-order valence-electron chi connectivity index (χ4n) is 2.09. The molecule has 1 atom stereocenters. The molecular formula is C12H24N2O. The summed E-state index contributed by atoms with van der Waals surface area (Å²) >= 11 is 0. The van der Waals surface area contributed by atoms with Crippen LogP contribution in [-0.2, 0) is 4.79 Å². The lowest BCUT2D eigenvalue weighted by Gasteiger charge is -2.34. The molecule has 1 heterocycles. The fourth-order valence-corrected chi connectivity index (χ4v) is 2.09. The summed E-state index contributed by atoms with van der Waals surface area (Å²) in [5.74, 6) is 0.177. The minimum absolute atomic E-state index is 0.177. The average Bonchev–Trinajstić information content (AvgIpc) is 2.26. The van der Waals surface area contributed by atoms with Gasteiger partial charge in [0.1, 0.15) is 0 Å². The van der Waals surface area contributed by atoms with Gasteiger partial charge in [-0.1, -0.05) is 13.8 Å². The second-order valence-corrected chi connectivity index (χ2v) is 4.70. The molecule has 0 aromatic carbocycles. The van der Waals surface area contributed by atoms with E-state index in [0.29, 0.717) is 6.04 Å². The van der Waals surface area contributed by atoms with Gasteiger partial charge in [0, 0.05) is 6.04 Å². The molecule has 1 fully saturated rings. The lowest BCUT2D eigenvalue weighted by Crippen LogP contribution is -2.58. The van der Waals surface area contributed by atoms with Crippen molar-refractivity contribution < 1.29 is 4.79 Å². The molecule has 0 saturated carbocycles. The summed E-state index contributed by atoms with van der Waals surface area (Å²) in [7, 11) is 0. The summed E-state index contributed by atoms with van der Waals surface area (Å²) < 4.78 is 0. The fraction of sp³-hybridized carbons (Fsp3) is 0.917. The third kappa shape index (κ3) is 3.20. The van der Waals surface area contributed by atoms with E-state index in [1.807, 2.05) is 6.92 Å². The van der Waals surface area contributed by atoms with Crippen molar-refractivity contribution in [3.05, 3.63) is 0 Å². The van der Waals surface area contributed by atoms with Crippen molar-refractivity contribution in [2.75, 3.05) is 6.54 Å². The van der Waals surface area contributed by atoms with E-state index < -0.39 is 0 Å². The SMILES string of the molecule is CCC(CC)NC(=O)C1(C)CCCCN1. The predicted octanol–water partition coefficient (Wildman–Crippen LogP) is 1.82. The Balaban J connectivity index is 2.50. The standard InChI is InChI=1S/C12H24N2O/c1-4-10(5-2)14-11(15)12(3)8-6-7-9-13-12/h10,13H,4-9H2,1-3H3,(H,14,15). The van der Waals surface area contributed by atoms with E-state index >= 15 is 0 Å². The minimum Gasteiger partial charge on any atom is -0.352 e. The predicted molar refractivity (Wildman–Crippen MR) is 62.8 cm³/mol. The van der Waals surface area contributed by atoms with E-state index in [0.717, 1.165) is 32.2 Å². The molecule has 3 nitrogen and oxygen atoms in total. The molecule has 0 bridgehead atoms. The minimum atomic E-state index is -0.332. The smallest absolute Gasteiger partial charge is 0.240 e. The molecule has 0 aliphatic carbocycles. The molecule has 15 heavy (non-hydrogen) atoms. The summed E-state index contributed by atoms with van der Waals surface area (Å²) in [6.07, 6.45) is 5.32. The summed E-state index contributed by atoms with van der Waals surface area (Å²) in [4.78, 5) is 12.1. The molecular weight excluding hydrogens is 188 g/mol. The Labute approximate surface area is 93.0 Å². The van der Waals surface area contributed by atoms with Crippen molar-refractivity contribution in [3.8, 4) is 0 Å². The molecule has 3 heteroatoms. The molecule has 0 radical (unpaired) electrons.